The smallest absolute Gasteiger partial charge is 0.394 e. The Labute approximate surface area is 168 Å². The lowest BCUT2D eigenvalue weighted by Gasteiger charge is -2.23. The topological polar surface area (TPSA) is 141 Å². The van der Waals surface area contributed by atoms with E-state index in [9.17, 15) is 14.5 Å². The van der Waals surface area contributed by atoms with Gasteiger partial charge in [-0.15, -0.1) is 0 Å². The van der Waals surface area contributed by atoms with Crippen molar-refractivity contribution in [1.29, 1.82) is 0 Å². The number of carbonyl (C=O) groups excluding carboxylic acids is 1. The van der Waals surface area contributed by atoms with Crippen LogP contribution < -0.4 is 5.32 Å². The molecule has 0 saturated carbocycles. The number of aliphatic hydroxyl groups excluding tert-OH is 1. The van der Waals surface area contributed by atoms with Gasteiger partial charge in [-0.25, -0.2) is 4.57 Å². The second-order valence-electron chi connectivity index (χ2n) is 6.55. The standard InChI is InChI=1S/C19H24N3O6P/c1-12-5-4-6-13(2)18(12)22-21-16-9-7-15(8-10-16)19(24)20-17(11-23)14(3)28-29(25,26)27/h4-10,14,17,23H,11H2,1-3H3,(H,20,24)(H2,25,26,27)/t14-,17-/m0/s1. The predicted octanol–water partition coefficient (Wildman–Crippen LogP) is 3.31. The van der Waals surface area contributed by atoms with Gasteiger partial charge in [-0.1, -0.05) is 18.2 Å². The van der Waals surface area contributed by atoms with Crippen LogP contribution in [0.15, 0.2) is 52.7 Å². The van der Waals surface area contributed by atoms with E-state index in [1.165, 1.54) is 19.1 Å². The molecule has 0 spiro atoms. The van der Waals surface area contributed by atoms with Crippen LogP contribution in [0.2, 0.25) is 0 Å². The first-order valence-corrected chi connectivity index (χ1v) is 10.4. The molecule has 0 heterocycles. The Kier molecular flexibility index (Phi) is 7.78. The van der Waals surface area contributed by atoms with Gasteiger partial charge < -0.3 is 20.2 Å². The largest absolute Gasteiger partial charge is 0.469 e. The van der Waals surface area contributed by atoms with Gasteiger partial charge in [-0.2, -0.15) is 10.2 Å². The highest BCUT2D eigenvalue weighted by Crippen LogP contribution is 2.38. The van der Waals surface area contributed by atoms with E-state index >= 15 is 0 Å². The second-order valence-corrected chi connectivity index (χ2v) is 7.74. The van der Waals surface area contributed by atoms with Gasteiger partial charge >= 0.3 is 7.82 Å². The van der Waals surface area contributed by atoms with Crippen LogP contribution in [-0.4, -0.2) is 39.6 Å². The van der Waals surface area contributed by atoms with E-state index in [1.807, 2.05) is 32.0 Å². The normalized spacial score (nSPS) is 14.0. The van der Waals surface area contributed by atoms with Crippen molar-refractivity contribution in [2.24, 2.45) is 10.2 Å². The molecule has 0 aliphatic heterocycles. The first-order chi connectivity index (χ1) is 13.6. The summed E-state index contributed by atoms with van der Waals surface area (Å²) in [6, 6.07) is 11.2. The fourth-order valence-electron chi connectivity index (χ4n) is 2.60. The van der Waals surface area contributed by atoms with E-state index in [4.69, 9.17) is 9.79 Å². The molecule has 10 heteroatoms. The Morgan fingerprint density at radius 1 is 1.10 bits per heavy atom. The van der Waals surface area contributed by atoms with Crippen LogP contribution in [0.4, 0.5) is 11.4 Å². The zero-order chi connectivity index (χ0) is 21.6. The molecule has 0 aromatic heterocycles. The minimum Gasteiger partial charge on any atom is -0.394 e. The summed E-state index contributed by atoms with van der Waals surface area (Å²) < 4.78 is 15.4. The van der Waals surface area contributed by atoms with E-state index in [1.54, 1.807) is 12.1 Å². The van der Waals surface area contributed by atoms with Crippen molar-refractivity contribution in [3.63, 3.8) is 0 Å². The molecule has 29 heavy (non-hydrogen) atoms. The number of amides is 1. The van der Waals surface area contributed by atoms with Gasteiger partial charge in [0.2, 0.25) is 0 Å². The van der Waals surface area contributed by atoms with Gasteiger partial charge in [0, 0.05) is 5.56 Å². The second kappa shape index (κ2) is 9.87. The fraction of sp³-hybridized carbons (Fsp3) is 0.316. The van der Waals surface area contributed by atoms with Crippen molar-refractivity contribution in [3.8, 4) is 0 Å². The summed E-state index contributed by atoms with van der Waals surface area (Å²) in [4.78, 5) is 30.1. The summed E-state index contributed by atoms with van der Waals surface area (Å²) in [7, 11) is -4.74. The average Bonchev–Trinajstić information content (AvgIpc) is 2.64. The number of benzene rings is 2. The summed E-state index contributed by atoms with van der Waals surface area (Å²) >= 11 is 0. The molecule has 0 saturated heterocycles. The summed E-state index contributed by atoms with van der Waals surface area (Å²) in [5.41, 5.74) is 3.65. The van der Waals surface area contributed by atoms with Crippen molar-refractivity contribution in [3.05, 3.63) is 59.2 Å². The summed E-state index contributed by atoms with van der Waals surface area (Å²) in [6.45, 7) is 4.69. The molecule has 0 aliphatic carbocycles. The van der Waals surface area contributed by atoms with E-state index in [0.29, 0.717) is 5.69 Å². The molecule has 2 atom stereocenters. The lowest BCUT2D eigenvalue weighted by molar-refractivity contribution is 0.0710. The third-order valence-electron chi connectivity index (χ3n) is 4.22. The predicted molar refractivity (Wildman–Crippen MR) is 107 cm³/mol. The lowest BCUT2D eigenvalue weighted by Crippen LogP contribution is -2.45. The van der Waals surface area contributed by atoms with E-state index in [2.05, 4.69) is 20.1 Å². The van der Waals surface area contributed by atoms with Gasteiger partial charge in [0.1, 0.15) is 0 Å². The summed E-state index contributed by atoms with van der Waals surface area (Å²) in [5, 5.41) is 20.3. The molecule has 0 unspecified atom stereocenters. The number of nitrogens with zero attached hydrogens (tertiary/aromatic N) is 2. The number of hydrogen-bond donors (Lipinski definition) is 4. The number of nitrogens with one attached hydrogen (secondary N) is 1. The van der Waals surface area contributed by atoms with Crippen LogP contribution in [0.3, 0.4) is 0 Å². The molecule has 0 bridgehead atoms. The Hall–Kier alpha value is -2.42. The Balaban J connectivity index is 2.06. The maximum atomic E-state index is 12.3. The Morgan fingerprint density at radius 2 is 1.69 bits per heavy atom. The van der Waals surface area contributed by atoms with Crippen molar-refractivity contribution >= 4 is 25.1 Å². The molecule has 2 rings (SSSR count). The molecule has 0 radical (unpaired) electrons. The van der Waals surface area contributed by atoms with E-state index in [-0.39, 0.29) is 5.56 Å². The van der Waals surface area contributed by atoms with Gasteiger partial charge in [0.25, 0.3) is 5.91 Å². The summed E-state index contributed by atoms with van der Waals surface area (Å²) in [6.07, 6.45) is -1.09. The first kappa shape index (κ1) is 22.9. The highest BCUT2D eigenvalue weighted by Gasteiger charge is 2.27. The molecular formula is C19H24N3O6P. The highest BCUT2D eigenvalue weighted by atomic mass is 31.2. The minimum absolute atomic E-state index is 0.290. The number of phosphoric acid groups is 1. The third-order valence-corrected chi connectivity index (χ3v) is 4.83. The Bertz CT molecular complexity index is 906. The summed E-state index contributed by atoms with van der Waals surface area (Å²) in [5.74, 6) is -0.525. The van der Waals surface area contributed by atoms with E-state index < -0.39 is 32.5 Å². The van der Waals surface area contributed by atoms with E-state index in [0.717, 1.165) is 16.8 Å². The number of rotatable bonds is 8. The lowest BCUT2D eigenvalue weighted by atomic mass is 10.1. The maximum Gasteiger partial charge on any atom is 0.469 e. The molecule has 0 aliphatic rings. The van der Waals surface area contributed by atoms with Crippen LogP contribution >= 0.6 is 7.82 Å². The SMILES string of the molecule is Cc1cccc(C)c1N=Nc1ccc(C(=O)N[C@@H](CO)[C@H](C)OP(=O)(O)O)cc1. The number of azo groups is 1. The molecular weight excluding hydrogens is 397 g/mol. The minimum atomic E-state index is -4.74. The van der Waals surface area contributed by atoms with Gasteiger partial charge in [-0.05, 0) is 56.2 Å². The van der Waals surface area contributed by atoms with Gasteiger partial charge in [-0.3, -0.25) is 9.32 Å². The molecule has 1 amide bonds. The monoisotopic (exact) mass is 421 g/mol. The number of hydrogen-bond acceptors (Lipinski definition) is 6. The van der Waals surface area contributed by atoms with Crippen molar-refractivity contribution in [2.45, 2.75) is 32.9 Å². The third kappa shape index (κ3) is 6.85. The molecule has 2 aromatic carbocycles. The van der Waals surface area contributed by atoms with Crippen LogP contribution in [0.5, 0.6) is 0 Å². The van der Waals surface area contributed by atoms with Gasteiger partial charge in [0.15, 0.2) is 0 Å². The van der Waals surface area contributed by atoms with Crippen molar-refractivity contribution < 1.29 is 28.8 Å². The number of aliphatic hydroxyl groups is 1. The van der Waals surface area contributed by atoms with Crippen LogP contribution in [0, 0.1) is 13.8 Å². The van der Waals surface area contributed by atoms with Crippen LogP contribution in [0.1, 0.15) is 28.4 Å². The molecule has 4 N–H and O–H groups in total. The molecule has 9 nitrogen and oxygen atoms in total. The molecule has 156 valence electrons. The zero-order valence-corrected chi connectivity index (χ0v) is 17.2. The quantitative estimate of drug-likeness (QED) is 0.381. The van der Waals surface area contributed by atoms with Crippen molar-refractivity contribution in [2.75, 3.05) is 6.61 Å². The number of phosphoric ester groups is 1. The molecule has 2 aromatic rings. The number of aryl methyl sites for hydroxylation is 2. The number of carbonyl (C=O) groups is 1. The zero-order valence-electron chi connectivity index (χ0n) is 16.3. The fourth-order valence-corrected chi connectivity index (χ4v) is 3.18. The van der Waals surface area contributed by atoms with Crippen molar-refractivity contribution in [1.82, 2.24) is 5.32 Å². The van der Waals surface area contributed by atoms with Crippen LogP contribution in [-0.2, 0) is 9.09 Å². The average molecular weight is 421 g/mol. The van der Waals surface area contributed by atoms with Gasteiger partial charge in [0.05, 0.1) is 30.1 Å². The first-order valence-electron chi connectivity index (χ1n) is 8.84. The Morgan fingerprint density at radius 3 is 2.21 bits per heavy atom. The van der Waals surface area contributed by atoms with Crippen LogP contribution in [0.25, 0.3) is 0 Å². The maximum absolute atomic E-state index is 12.3. The highest BCUT2D eigenvalue weighted by molar-refractivity contribution is 7.46. The molecule has 0 fully saturated rings.